The predicted octanol–water partition coefficient (Wildman–Crippen LogP) is 1.50. The molecular weight excluding hydrogens is 274 g/mol. The standard InChI is InChI=1S/C14H21N3O4/c1-10-3-2-4-11(7-10)21-9-13(18)15-12-5-6-17(16-12)8-14(19)20/h5-6,10-11H,2-4,7-9H2,1H3,(H,19,20)(H,15,16,18). The molecule has 2 atom stereocenters. The molecule has 1 fully saturated rings. The molecule has 0 aliphatic heterocycles. The number of carboxylic acid groups (broad SMARTS) is 1. The highest BCUT2D eigenvalue weighted by atomic mass is 16.5. The summed E-state index contributed by atoms with van der Waals surface area (Å²) >= 11 is 0. The van der Waals surface area contributed by atoms with Gasteiger partial charge in [-0.2, -0.15) is 5.10 Å². The molecule has 0 radical (unpaired) electrons. The summed E-state index contributed by atoms with van der Waals surface area (Å²) < 4.78 is 6.87. The van der Waals surface area contributed by atoms with Crippen molar-refractivity contribution in [1.29, 1.82) is 0 Å². The van der Waals surface area contributed by atoms with Crippen molar-refractivity contribution in [1.82, 2.24) is 9.78 Å². The lowest BCUT2D eigenvalue weighted by Crippen LogP contribution is -2.27. The predicted molar refractivity (Wildman–Crippen MR) is 75.9 cm³/mol. The van der Waals surface area contributed by atoms with E-state index >= 15 is 0 Å². The molecule has 2 rings (SSSR count). The van der Waals surface area contributed by atoms with Crippen molar-refractivity contribution < 1.29 is 19.4 Å². The molecule has 1 aromatic rings. The van der Waals surface area contributed by atoms with Gasteiger partial charge in [-0.15, -0.1) is 0 Å². The van der Waals surface area contributed by atoms with E-state index in [0.717, 1.165) is 19.3 Å². The number of carboxylic acids is 1. The molecule has 1 aromatic heterocycles. The number of nitrogens with one attached hydrogen (secondary N) is 1. The quantitative estimate of drug-likeness (QED) is 0.829. The highest BCUT2D eigenvalue weighted by Gasteiger charge is 2.20. The molecule has 116 valence electrons. The molecule has 0 spiro atoms. The molecule has 1 heterocycles. The van der Waals surface area contributed by atoms with Gasteiger partial charge in [-0.3, -0.25) is 14.3 Å². The van der Waals surface area contributed by atoms with Crippen LogP contribution in [0.2, 0.25) is 0 Å². The molecule has 0 aromatic carbocycles. The molecule has 1 saturated carbocycles. The van der Waals surface area contributed by atoms with Gasteiger partial charge in [0.2, 0.25) is 0 Å². The molecule has 1 aliphatic rings. The van der Waals surface area contributed by atoms with Gasteiger partial charge in [0.25, 0.3) is 5.91 Å². The minimum Gasteiger partial charge on any atom is -0.480 e. The van der Waals surface area contributed by atoms with E-state index < -0.39 is 5.97 Å². The molecule has 1 aliphatic carbocycles. The Morgan fingerprint density at radius 1 is 1.52 bits per heavy atom. The monoisotopic (exact) mass is 295 g/mol. The first-order chi connectivity index (χ1) is 10.0. The molecule has 2 unspecified atom stereocenters. The van der Waals surface area contributed by atoms with E-state index in [-0.39, 0.29) is 25.2 Å². The average molecular weight is 295 g/mol. The van der Waals surface area contributed by atoms with Crippen molar-refractivity contribution in [3.63, 3.8) is 0 Å². The summed E-state index contributed by atoms with van der Waals surface area (Å²) in [5.74, 6) is -0.264. The van der Waals surface area contributed by atoms with E-state index in [1.807, 2.05) is 0 Å². The molecule has 7 heteroatoms. The lowest BCUT2D eigenvalue weighted by atomic mass is 9.89. The Bertz CT molecular complexity index is 500. The number of aliphatic carboxylic acids is 1. The summed E-state index contributed by atoms with van der Waals surface area (Å²) in [5.41, 5.74) is 0. The van der Waals surface area contributed by atoms with Gasteiger partial charge < -0.3 is 15.2 Å². The summed E-state index contributed by atoms with van der Waals surface area (Å²) in [7, 11) is 0. The summed E-state index contributed by atoms with van der Waals surface area (Å²) in [6.45, 7) is 1.97. The molecule has 21 heavy (non-hydrogen) atoms. The van der Waals surface area contributed by atoms with Crippen LogP contribution in [0.4, 0.5) is 5.82 Å². The van der Waals surface area contributed by atoms with Gasteiger partial charge in [0.1, 0.15) is 13.2 Å². The number of amides is 1. The Labute approximate surface area is 123 Å². The lowest BCUT2D eigenvalue weighted by Gasteiger charge is -2.26. The zero-order valence-corrected chi connectivity index (χ0v) is 12.1. The maximum absolute atomic E-state index is 11.8. The number of hydrogen-bond donors (Lipinski definition) is 2. The molecule has 0 bridgehead atoms. The van der Waals surface area contributed by atoms with E-state index in [2.05, 4.69) is 17.3 Å². The van der Waals surface area contributed by atoms with Crippen LogP contribution in [0, 0.1) is 5.92 Å². The fourth-order valence-corrected chi connectivity index (χ4v) is 2.56. The van der Waals surface area contributed by atoms with Crippen molar-refractivity contribution >= 4 is 17.7 Å². The number of aromatic nitrogens is 2. The van der Waals surface area contributed by atoms with E-state index in [0.29, 0.717) is 11.7 Å². The number of rotatable bonds is 6. The van der Waals surface area contributed by atoms with Crippen molar-refractivity contribution in [3.8, 4) is 0 Å². The van der Waals surface area contributed by atoms with Gasteiger partial charge in [-0.05, 0) is 18.8 Å². The van der Waals surface area contributed by atoms with E-state index in [4.69, 9.17) is 9.84 Å². The fraction of sp³-hybridized carbons (Fsp3) is 0.643. The lowest BCUT2D eigenvalue weighted by molar-refractivity contribution is -0.137. The smallest absolute Gasteiger partial charge is 0.325 e. The second-order valence-electron chi connectivity index (χ2n) is 5.55. The minimum atomic E-state index is -0.981. The van der Waals surface area contributed by atoms with Crippen LogP contribution in [0.5, 0.6) is 0 Å². The van der Waals surface area contributed by atoms with Gasteiger partial charge in [-0.1, -0.05) is 19.8 Å². The van der Waals surface area contributed by atoms with Gasteiger partial charge in [0.15, 0.2) is 5.82 Å². The first-order valence-corrected chi connectivity index (χ1v) is 7.19. The average Bonchev–Trinajstić information content (AvgIpc) is 2.83. The zero-order valence-electron chi connectivity index (χ0n) is 12.1. The topological polar surface area (TPSA) is 93.5 Å². The number of carbonyl (C=O) groups is 2. The van der Waals surface area contributed by atoms with Crippen LogP contribution in [0.15, 0.2) is 12.3 Å². The number of carbonyl (C=O) groups excluding carboxylic acids is 1. The molecule has 2 N–H and O–H groups in total. The van der Waals surface area contributed by atoms with Crippen molar-refractivity contribution in [2.24, 2.45) is 5.92 Å². The van der Waals surface area contributed by atoms with Crippen LogP contribution in [-0.2, 0) is 20.9 Å². The minimum absolute atomic E-state index is 0.00315. The number of ether oxygens (including phenoxy) is 1. The van der Waals surface area contributed by atoms with Crippen LogP contribution in [0.25, 0.3) is 0 Å². The van der Waals surface area contributed by atoms with Gasteiger partial charge >= 0.3 is 5.97 Å². The van der Waals surface area contributed by atoms with Crippen LogP contribution >= 0.6 is 0 Å². The summed E-state index contributed by atoms with van der Waals surface area (Å²) in [6.07, 6.45) is 6.04. The normalized spacial score (nSPS) is 22.0. The number of nitrogens with zero attached hydrogens (tertiary/aromatic N) is 2. The van der Waals surface area contributed by atoms with Crippen LogP contribution < -0.4 is 5.32 Å². The molecule has 1 amide bonds. The number of anilines is 1. The highest BCUT2D eigenvalue weighted by Crippen LogP contribution is 2.25. The number of hydrogen-bond acceptors (Lipinski definition) is 4. The first kappa shape index (κ1) is 15.5. The van der Waals surface area contributed by atoms with E-state index in [9.17, 15) is 9.59 Å². The Morgan fingerprint density at radius 3 is 3.05 bits per heavy atom. The Morgan fingerprint density at radius 2 is 2.33 bits per heavy atom. The van der Waals surface area contributed by atoms with E-state index in [1.165, 1.54) is 17.3 Å². The third-order valence-corrected chi connectivity index (χ3v) is 3.54. The SMILES string of the molecule is CC1CCCC(OCC(=O)Nc2ccn(CC(=O)O)n2)C1. The third kappa shape index (κ3) is 5.18. The molecule has 7 nitrogen and oxygen atoms in total. The van der Waals surface area contributed by atoms with E-state index in [1.54, 1.807) is 6.07 Å². The summed E-state index contributed by atoms with van der Waals surface area (Å²) in [4.78, 5) is 22.3. The zero-order chi connectivity index (χ0) is 15.2. The largest absolute Gasteiger partial charge is 0.480 e. The second-order valence-corrected chi connectivity index (χ2v) is 5.55. The molecule has 0 saturated heterocycles. The second kappa shape index (κ2) is 7.21. The third-order valence-electron chi connectivity index (χ3n) is 3.54. The fourth-order valence-electron chi connectivity index (χ4n) is 2.56. The van der Waals surface area contributed by atoms with Gasteiger partial charge in [-0.25, -0.2) is 0 Å². The van der Waals surface area contributed by atoms with Crippen molar-refractivity contribution in [2.45, 2.75) is 45.3 Å². The first-order valence-electron chi connectivity index (χ1n) is 7.19. The Kier molecular flexibility index (Phi) is 5.32. The Balaban J connectivity index is 1.73. The summed E-state index contributed by atoms with van der Waals surface area (Å²) in [6, 6.07) is 1.56. The van der Waals surface area contributed by atoms with Crippen LogP contribution in [0.1, 0.15) is 32.6 Å². The molecular formula is C14H21N3O4. The van der Waals surface area contributed by atoms with Gasteiger partial charge in [0.05, 0.1) is 6.10 Å². The maximum atomic E-state index is 11.8. The summed E-state index contributed by atoms with van der Waals surface area (Å²) in [5, 5.41) is 15.2. The highest BCUT2D eigenvalue weighted by molar-refractivity contribution is 5.90. The van der Waals surface area contributed by atoms with Crippen LogP contribution in [-0.4, -0.2) is 39.5 Å². The Hall–Kier alpha value is -1.89. The van der Waals surface area contributed by atoms with Gasteiger partial charge in [0, 0.05) is 12.3 Å². The maximum Gasteiger partial charge on any atom is 0.325 e. The van der Waals surface area contributed by atoms with Crippen molar-refractivity contribution in [3.05, 3.63) is 12.3 Å². The van der Waals surface area contributed by atoms with Crippen LogP contribution in [0.3, 0.4) is 0 Å². The van der Waals surface area contributed by atoms with Crippen molar-refractivity contribution in [2.75, 3.05) is 11.9 Å².